The number of rotatable bonds is 6. The van der Waals surface area contributed by atoms with E-state index in [4.69, 9.17) is 9.97 Å². The Morgan fingerprint density at radius 1 is 0.844 bits per heavy atom. The summed E-state index contributed by atoms with van der Waals surface area (Å²) in [5.74, 6) is 1.68. The summed E-state index contributed by atoms with van der Waals surface area (Å²) in [6.07, 6.45) is 7.96. The van der Waals surface area contributed by atoms with Crippen molar-refractivity contribution in [2.45, 2.75) is 44.3 Å². The van der Waals surface area contributed by atoms with E-state index in [1.165, 1.54) is 5.56 Å². The quantitative estimate of drug-likeness (QED) is 0.478. The first-order valence-corrected chi connectivity index (χ1v) is 11.3. The van der Waals surface area contributed by atoms with E-state index in [9.17, 15) is 0 Å². The first-order chi connectivity index (χ1) is 15.7. The maximum Gasteiger partial charge on any atom is 0.225 e. The Morgan fingerprint density at radius 3 is 2.41 bits per heavy atom. The summed E-state index contributed by atoms with van der Waals surface area (Å²) in [4.78, 5) is 20.4. The molecule has 0 bridgehead atoms. The van der Waals surface area contributed by atoms with Gasteiger partial charge in [0.05, 0.1) is 16.6 Å². The predicted octanol–water partition coefficient (Wildman–Crippen LogP) is 4.15. The molecule has 2 aromatic heterocycles. The Labute approximate surface area is 188 Å². The lowest BCUT2D eigenvalue weighted by atomic mass is 9.91. The molecule has 1 aliphatic rings. The van der Waals surface area contributed by atoms with E-state index in [1.54, 1.807) is 12.4 Å². The Bertz CT molecular complexity index is 1220. The minimum absolute atomic E-state index is 0.403. The number of aromatic nitrogens is 4. The highest BCUT2D eigenvalue weighted by atomic mass is 15.2. The number of nitrogens with one attached hydrogen (secondary N) is 2. The minimum atomic E-state index is 0.403. The van der Waals surface area contributed by atoms with Crippen molar-refractivity contribution in [3.8, 4) is 0 Å². The SMILES string of the molecule is CN(C)c1nc(N[C@H]2CC[C@@H](NCc3ccc4nccnc4c3)CC2)nc2ccccc12. The van der Waals surface area contributed by atoms with Crippen LogP contribution in [0.5, 0.6) is 0 Å². The highest BCUT2D eigenvalue weighted by Gasteiger charge is 2.22. The van der Waals surface area contributed by atoms with Gasteiger partial charge in [0.25, 0.3) is 0 Å². The number of fused-ring (bicyclic) bond motifs is 2. The standard InChI is InChI=1S/C25H29N7/c1-32(2)24-20-5-3-4-6-21(20)30-25(31-24)29-19-10-8-18(9-11-19)28-16-17-7-12-22-23(15-17)27-14-13-26-22/h3-7,12-15,18-19,28H,8-11,16H2,1-2H3,(H,29,30,31)/t18-,19+. The highest BCUT2D eigenvalue weighted by molar-refractivity contribution is 5.90. The van der Waals surface area contributed by atoms with Gasteiger partial charge in [-0.3, -0.25) is 9.97 Å². The molecule has 0 aliphatic heterocycles. The Kier molecular flexibility index (Phi) is 5.81. The number of anilines is 2. The van der Waals surface area contributed by atoms with Gasteiger partial charge in [0, 0.05) is 50.5 Å². The van der Waals surface area contributed by atoms with Crippen molar-refractivity contribution in [2.75, 3.05) is 24.3 Å². The van der Waals surface area contributed by atoms with Gasteiger partial charge in [-0.15, -0.1) is 0 Å². The van der Waals surface area contributed by atoms with Gasteiger partial charge < -0.3 is 15.5 Å². The molecule has 1 fully saturated rings. The van der Waals surface area contributed by atoms with E-state index in [2.05, 4.69) is 38.8 Å². The zero-order valence-electron chi connectivity index (χ0n) is 18.6. The van der Waals surface area contributed by atoms with Crippen LogP contribution in [0.15, 0.2) is 54.9 Å². The van der Waals surface area contributed by atoms with Crippen LogP contribution in [-0.2, 0) is 6.54 Å². The average molecular weight is 428 g/mol. The summed E-state index contributed by atoms with van der Waals surface area (Å²) in [7, 11) is 4.05. The van der Waals surface area contributed by atoms with E-state index in [1.807, 2.05) is 43.3 Å². The van der Waals surface area contributed by atoms with Crippen molar-refractivity contribution < 1.29 is 0 Å². The molecule has 1 aliphatic carbocycles. The van der Waals surface area contributed by atoms with Gasteiger partial charge in [0.15, 0.2) is 0 Å². The Morgan fingerprint density at radius 2 is 1.59 bits per heavy atom. The Balaban J connectivity index is 1.18. The molecule has 4 aromatic rings. The number of hydrogen-bond donors (Lipinski definition) is 2. The van der Waals surface area contributed by atoms with Crippen LogP contribution in [0.1, 0.15) is 31.2 Å². The second kappa shape index (κ2) is 9.04. The molecule has 0 amide bonds. The molecule has 2 aromatic carbocycles. The van der Waals surface area contributed by atoms with Gasteiger partial charge in [-0.2, -0.15) is 4.98 Å². The zero-order chi connectivity index (χ0) is 21.9. The van der Waals surface area contributed by atoms with Crippen LogP contribution < -0.4 is 15.5 Å². The van der Waals surface area contributed by atoms with Crippen LogP contribution >= 0.6 is 0 Å². The minimum Gasteiger partial charge on any atom is -0.362 e. The molecule has 0 spiro atoms. The van der Waals surface area contributed by atoms with E-state index in [-0.39, 0.29) is 0 Å². The molecular weight excluding hydrogens is 398 g/mol. The molecule has 2 heterocycles. The maximum atomic E-state index is 4.79. The molecule has 7 heteroatoms. The van der Waals surface area contributed by atoms with Crippen molar-refractivity contribution in [1.29, 1.82) is 0 Å². The van der Waals surface area contributed by atoms with Crippen molar-refractivity contribution in [3.05, 3.63) is 60.4 Å². The van der Waals surface area contributed by atoms with Gasteiger partial charge in [-0.1, -0.05) is 18.2 Å². The summed E-state index contributed by atoms with van der Waals surface area (Å²) in [6.45, 7) is 0.856. The molecule has 0 atom stereocenters. The summed E-state index contributed by atoms with van der Waals surface area (Å²) in [6, 6.07) is 15.4. The molecule has 164 valence electrons. The fraction of sp³-hybridized carbons (Fsp3) is 0.360. The second-order valence-electron chi connectivity index (χ2n) is 8.74. The summed E-state index contributed by atoms with van der Waals surface area (Å²) >= 11 is 0. The number of nitrogens with zero attached hydrogens (tertiary/aromatic N) is 5. The maximum absolute atomic E-state index is 4.79. The first-order valence-electron chi connectivity index (χ1n) is 11.3. The molecular formula is C25H29N7. The van der Waals surface area contributed by atoms with E-state index >= 15 is 0 Å². The van der Waals surface area contributed by atoms with Gasteiger partial charge in [-0.05, 0) is 55.5 Å². The van der Waals surface area contributed by atoms with E-state index < -0.39 is 0 Å². The fourth-order valence-electron chi connectivity index (χ4n) is 4.47. The molecule has 2 N–H and O–H groups in total. The third-order valence-electron chi connectivity index (χ3n) is 6.20. The lowest BCUT2D eigenvalue weighted by Crippen LogP contribution is -2.37. The topological polar surface area (TPSA) is 78.9 Å². The smallest absolute Gasteiger partial charge is 0.225 e. The normalized spacial score (nSPS) is 18.7. The predicted molar refractivity (Wildman–Crippen MR) is 130 cm³/mol. The number of para-hydroxylation sites is 1. The van der Waals surface area contributed by atoms with E-state index in [0.29, 0.717) is 12.1 Å². The van der Waals surface area contributed by atoms with Gasteiger partial charge in [0.1, 0.15) is 5.82 Å². The molecule has 0 saturated heterocycles. The summed E-state index contributed by atoms with van der Waals surface area (Å²) < 4.78 is 0. The molecule has 7 nitrogen and oxygen atoms in total. The molecule has 0 radical (unpaired) electrons. The highest BCUT2D eigenvalue weighted by Crippen LogP contribution is 2.26. The number of benzene rings is 2. The lowest BCUT2D eigenvalue weighted by Gasteiger charge is -2.30. The van der Waals surface area contributed by atoms with Gasteiger partial charge >= 0.3 is 0 Å². The van der Waals surface area contributed by atoms with Crippen LogP contribution in [0.2, 0.25) is 0 Å². The zero-order valence-corrected chi connectivity index (χ0v) is 18.6. The third-order valence-corrected chi connectivity index (χ3v) is 6.20. The van der Waals surface area contributed by atoms with Crippen molar-refractivity contribution in [2.24, 2.45) is 0 Å². The van der Waals surface area contributed by atoms with Crippen LogP contribution in [0.4, 0.5) is 11.8 Å². The average Bonchev–Trinajstić information content (AvgIpc) is 2.83. The molecule has 32 heavy (non-hydrogen) atoms. The largest absolute Gasteiger partial charge is 0.362 e. The monoisotopic (exact) mass is 427 g/mol. The number of hydrogen-bond acceptors (Lipinski definition) is 7. The molecule has 1 saturated carbocycles. The summed E-state index contributed by atoms with van der Waals surface area (Å²) in [5, 5.41) is 8.39. The Hall–Kier alpha value is -3.32. The summed E-state index contributed by atoms with van der Waals surface area (Å²) in [5.41, 5.74) is 4.12. The van der Waals surface area contributed by atoms with Crippen molar-refractivity contribution >= 4 is 33.7 Å². The molecule has 5 rings (SSSR count). The second-order valence-corrected chi connectivity index (χ2v) is 8.74. The van der Waals surface area contributed by atoms with E-state index in [0.717, 1.165) is 65.9 Å². The first kappa shape index (κ1) is 20.6. The van der Waals surface area contributed by atoms with Crippen molar-refractivity contribution in [1.82, 2.24) is 25.3 Å². The van der Waals surface area contributed by atoms with Crippen LogP contribution in [0.3, 0.4) is 0 Å². The van der Waals surface area contributed by atoms with Crippen LogP contribution in [0.25, 0.3) is 21.9 Å². The van der Waals surface area contributed by atoms with Crippen molar-refractivity contribution in [3.63, 3.8) is 0 Å². The third kappa shape index (κ3) is 4.48. The lowest BCUT2D eigenvalue weighted by molar-refractivity contribution is 0.352. The fourth-order valence-corrected chi connectivity index (χ4v) is 4.47. The van der Waals surface area contributed by atoms with Gasteiger partial charge in [0.2, 0.25) is 5.95 Å². The van der Waals surface area contributed by atoms with Crippen LogP contribution in [-0.4, -0.2) is 46.1 Å². The van der Waals surface area contributed by atoms with Crippen LogP contribution in [0, 0.1) is 0 Å². The molecule has 0 unspecified atom stereocenters. The van der Waals surface area contributed by atoms with Gasteiger partial charge in [-0.25, -0.2) is 4.98 Å².